The third kappa shape index (κ3) is 5.01. The van der Waals surface area contributed by atoms with Gasteiger partial charge in [0.05, 0.1) is 30.3 Å². The lowest BCUT2D eigenvalue weighted by Gasteiger charge is -2.01. The fraction of sp³-hybridized carbons (Fsp3) is 0.111. The van der Waals surface area contributed by atoms with Crippen LogP contribution in [0.3, 0.4) is 0 Å². The summed E-state index contributed by atoms with van der Waals surface area (Å²) in [6.07, 6.45) is 0. The molecular weight excluding hydrogens is 430 g/mol. The van der Waals surface area contributed by atoms with E-state index in [1.165, 1.54) is 23.7 Å². The Labute approximate surface area is 172 Å². The van der Waals surface area contributed by atoms with Gasteiger partial charge in [0.1, 0.15) is 0 Å². The molecule has 0 amide bonds. The van der Waals surface area contributed by atoms with Gasteiger partial charge in [0.15, 0.2) is 0 Å². The predicted molar refractivity (Wildman–Crippen MR) is 108 cm³/mol. The number of nitrogens with one attached hydrogen (secondary N) is 1. The summed E-state index contributed by atoms with van der Waals surface area (Å²) < 4.78 is 25.5. The Balaban J connectivity index is 0.000000190. The quantitative estimate of drug-likeness (QED) is 0.446. The number of halogens is 3. The molecule has 0 unspecified atom stereocenters. The van der Waals surface area contributed by atoms with Crippen LogP contribution in [0.25, 0.3) is 21.8 Å². The van der Waals surface area contributed by atoms with Crippen molar-refractivity contribution in [2.45, 2.75) is 0 Å². The topological polar surface area (TPSA) is 115 Å². The van der Waals surface area contributed by atoms with Gasteiger partial charge in [-0.2, -0.15) is 0 Å². The number of hydrogen-bond donors (Lipinski definition) is 1. The Kier molecular flexibility index (Phi) is 6.63. The highest BCUT2D eigenvalue weighted by Crippen LogP contribution is 2.14. The molecule has 0 spiro atoms. The number of alkyl halides is 1. The number of aromatic amines is 1. The van der Waals surface area contributed by atoms with Gasteiger partial charge in [0, 0.05) is 17.1 Å². The van der Waals surface area contributed by atoms with E-state index in [1.54, 1.807) is 24.3 Å². The average Bonchev–Trinajstić information content (AvgIpc) is 2.68. The molecule has 4 rings (SSSR count). The number of nitrogens with zero attached hydrogens (tertiary/aromatic N) is 1. The molecule has 0 bridgehead atoms. The van der Waals surface area contributed by atoms with Crippen LogP contribution in [0.15, 0.2) is 64.4 Å². The smallest absolute Gasteiger partial charge is 0.372 e. The van der Waals surface area contributed by atoms with Gasteiger partial charge in [-0.3, -0.25) is 13.9 Å². The fourth-order valence-electron chi connectivity index (χ4n) is 2.33. The Bertz CT molecular complexity index is 1430. The highest BCUT2D eigenvalue weighted by molar-refractivity contribution is 6.31. The zero-order valence-corrected chi connectivity index (χ0v) is 16.2. The number of hydrogen-bond acceptors (Lipinski definition) is 6. The van der Waals surface area contributed by atoms with Crippen molar-refractivity contribution in [1.82, 2.24) is 9.55 Å². The molecule has 2 aromatic carbocycles. The Morgan fingerprint density at radius 3 is 2.17 bits per heavy atom. The van der Waals surface area contributed by atoms with E-state index in [4.69, 9.17) is 24.6 Å². The molecule has 0 saturated carbocycles. The van der Waals surface area contributed by atoms with E-state index in [0.29, 0.717) is 26.5 Å². The van der Waals surface area contributed by atoms with E-state index in [9.17, 15) is 23.6 Å². The van der Waals surface area contributed by atoms with Crippen LogP contribution in [0.2, 0.25) is 10.0 Å². The molecule has 29 heavy (non-hydrogen) atoms. The number of fused-ring (bicyclic) bond motifs is 2. The predicted octanol–water partition coefficient (Wildman–Crippen LogP) is 2.87. The second-order valence-electron chi connectivity index (χ2n) is 5.37. The van der Waals surface area contributed by atoms with Crippen molar-refractivity contribution >= 4 is 45.0 Å². The Hall–Kier alpha value is -3.17. The Morgan fingerprint density at radius 1 is 0.966 bits per heavy atom. The minimum atomic E-state index is -1.00. The third-order valence-corrected chi connectivity index (χ3v) is 4.09. The monoisotopic (exact) mass is 443 g/mol. The Morgan fingerprint density at radius 2 is 1.52 bits per heavy atom. The van der Waals surface area contributed by atoms with Crippen LogP contribution >= 0.6 is 23.2 Å². The molecular formula is C18H13Cl2FN2O6. The largest absolute Gasteiger partial charge is 0.422 e. The van der Waals surface area contributed by atoms with Crippen LogP contribution in [0, 0.1) is 0 Å². The van der Waals surface area contributed by atoms with Crippen molar-refractivity contribution in [3.63, 3.8) is 0 Å². The number of H-pyrrole nitrogens is 1. The molecule has 2 heterocycles. The maximum absolute atomic E-state index is 11.3. The lowest BCUT2D eigenvalue weighted by Crippen LogP contribution is -2.22. The summed E-state index contributed by atoms with van der Waals surface area (Å²) in [5.41, 5.74) is -0.409. The van der Waals surface area contributed by atoms with Crippen molar-refractivity contribution in [3.8, 4) is 0 Å². The maximum atomic E-state index is 11.3. The summed E-state index contributed by atoms with van der Waals surface area (Å²) >= 11 is 11.4. The fourth-order valence-corrected chi connectivity index (χ4v) is 2.68. The summed E-state index contributed by atoms with van der Waals surface area (Å²) in [6, 6.07) is 9.27. The second-order valence-corrected chi connectivity index (χ2v) is 6.24. The summed E-state index contributed by atoms with van der Waals surface area (Å²) in [6.45, 7) is 0. The van der Waals surface area contributed by atoms with Gasteiger partial charge >= 0.3 is 22.8 Å². The molecule has 0 aliphatic heterocycles. The lowest BCUT2D eigenvalue weighted by molar-refractivity contribution is 0.433. The molecule has 8 nitrogen and oxygen atoms in total. The standard InChI is InChI=1S/C9H6ClNO3.C8H4ClNO3.CH3F/c1-11-7-3-2-5(10)4-6(7)8(12)14-9(11)13;9-4-1-2-6-5(3-4)7(11)13-8(12)10-6;1-2/h2-4H,1H3;1-3H,(H,10,12);1H3/i;;1D. The van der Waals surface area contributed by atoms with E-state index in [1.807, 2.05) is 0 Å². The van der Waals surface area contributed by atoms with Crippen LogP contribution in [-0.4, -0.2) is 16.7 Å². The van der Waals surface area contributed by atoms with Gasteiger partial charge < -0.3 is 8.83 Å². The molecule has 0 aliphatic carbocycles. The van der Waals surface area contributed by atoms with Crippen LogP contribution in [0.1, 0.15) is 1.37 Å². The molecule has 152 valence electrons. The van der Waals surface area contributed by atoms with E-state index < -0.39 is 29.9 Å². The highest BCUT2D eigenvalue weighted by Gasteiger charge is 2.06. The molecule has 4 aromatic rings. The van der Waals surface area contributed by atoms with Crippen molar-refractivity contribution in [1.29, 1.82) is 0 Å². The molecule has 0 aliphatic rings. The normalized spacial score (nSPS) is 10.6. The van der Waals surface area contributed by atoms with Crippen molar-refractivity contribution in [2.75, 3.05) is 7.15 Å². The molecule has 0 atom stereocenters. The van der Waals surface area contributed by atoms with E-state index >= 15 is 0 Å². The number of benzene rings is 2. The van der Waals surface area contributed by atoms with Gasteiger partial charge in [-0.15, -0.1) is 0 Å². The van der Waals surface area contributed by atoms with Gasteiger partial charge in [-0.1, -0.05) is 23.2 Å². The minimum Gasteiger partial charge on any atom is -0.372 e. The van der Waals surface area contributed by atoms with Crippen LogP contribution < -0.4 is 22.8 Å². The van der Waals surface area contributed by atoms with Gasteiger partial charge in [-0.25, -0.2) is 19.2 Å². The van der Waals surface area contributed by atoms with Crippen LogP contribution in [0.5, 0.6) is 0 Å². The molecule has 11 heteroatoms. The van der Waals surface area contributed by atoms with E-state index in [-0.39, 0.29) is 5.39 Å². The van der Waals surface area contributed by atoms with Crippen molar-refractivity contribution in [2.24, 2.45) is 7.05 Å². The lowest BCUT2D eigenvalue weighted by atomic mass is 10.2. The van der Waals surface area contributed by atoms with E-state index in [2.05, 4.69) is 13.8 Å². The zero-order chi connectivity index (χ0) is 22.4. The SMILES string of the molecule is Cn1c(=O)oc(=O)c2cc(Cl)ccc21.O=c1[nH]c2ccc(Cl)cc2c(=O)o1.[2H]CF. The van der Waals surface area contributed by atoms with Crippen molar-refractivity contribution in [3.05, 3.63) is 88.4 Å². The van der Waals surface area contributed by atoms with Gasteiger partial charge in [0.2, 0.25) is 0 Å². The summed E-state index contributed by atoms with van der Waals surface area (Å²) in [5.74, 6) is -1.44. The molecule has 1 N–H and O–H groups in total. The molecule has 0 fully saturated rings. The molecule has 2 aromatic heterocycles. The third-order valence-electron chi connectivity index (χ3n) is 3.62. The van der Waals surface area contributed by atoms with Gasteiger partial charge in [0.25, 0.3) is 0 Å². The summed E-state index contributed by atoms with van der Waals surface area (Å²) in [7, 11) is 0.529. The maximum Gasteiger partial charge on any atom is 0.422 e. The average molecular weight is 444 g/mol. The first-order valence-electron chi connectivity index (χ1n) is 8.36. The second kappa shape index (κ2) is 9.35. The van der Waals surface area contributed by atoms with Crippen molar-refractivity contribution < 1.29 is 14.6 Å². The highest BCUT2D eigenvalue weighted by atomic mass is 35.5. The van der Waals surface area contributed by atoms with Crippen LogP contribution in [-0.2, 0) is 7.05 Å². The summed E-state index contributed by atoms with van der Waals surface area (Å²) in [4.78, 5) is 46.6. The first kappa shape index (κ1) is 20.6. The minimum absolute atomic E-state index is 0.270. The first-order chi connectivity index (χ1) is 14.2. The van der Waals surface area contributed by atoms with Crippen LogP contribution in [0.4, 0.5) is 4.39 Å². The number of aromatic nitrogens is 2. The number of aryl methyl sites for hydroxylation is 1. The summed E-state index contributed by atoms with van der Waals surface area (Å²) in [5, 5.41) is 1.43. The van der Waals surface area contributed by atoms with E-state index in [0.717, 1.165) is 0 Å². The molecule has 0 saturated heterocycles. The number of rotatable bonds is 0. The first-order valence-corrected chi connectivity index (χ1v) is 8.40. The zero-order valence-electron chi connectivity index (χ0n) is 15.7. The van der Waals surface area contributed by atoms with Gasteiger partial charge in [-0.05, 0) is 36.4 Å². The molecule has 0 radical (unpaired) electrons.